The summed E-state index contributed by atoms with van der Waals surface area (Å²) < 4.78 is 5.33. The zero-order valence-corrected chi connectivity index (χ0v) is 14.9. The van der Waals surface area contributed by atoms with Gasteiger partial charge < -0.3 is 14.6 Å². The number of aromatic nitrogens is 1. The minimum atomic E-state index is 0.0502. The van der Waals surface area contributed by atoms with Crippen molar-refractivity contribution in [3.8, 4) is 5.75 Å². The van der Waals surface area contributed by atoms with Crippen LogP contribution in [0.1, 0.15) is 15.9 Å². The number of rotatable bonds is 4. The van der Waals surface area contributed by atoms with Crippen molar-refractivity contribution in [2.75, 3.05) is 33.3 Å². The van der Waals surface area contributed by atoms with Crippen LogP contribution in [0.4, 0.5) is 0 Å². The number of hydrogen-bond acceptors (Lipinski definition) is 3. The maximum absolute atomic E-state index is 12.8. The van der Waals surface area contributed by atoms with Gasteiger partial charge in [-0.1, -0.05) is 30.3 Å². The van der Waals surface area contributed by atoms with E-state index in [0.29, 0.717) is 11.3 Å². The summed E-state index contributed by atoms with van der Waals surface area (Å²) in [5.74, 6) is 0.688. The van der Waals surface area contributed by atoms with E-state index in [0.717, 1.165) is 32.7 Å². The van der Waals surface area contributed by atoms with E-state index in [-0.39, 0.29) is 5.91 Å². The van der Waals surface area contributed by atoms with E-state index in [4.69, 9.17) is 4.74 Å². The normalized spacial score (nSPS) is 15.3. The number of carbonyl (C=O) groups excluding carboxylic acids is 1. The maximum Gasteiger partial charge on any atom is 0.257 e. The van der Waals surface area contributed by atoms with Crippen molar-refractivity contribution >= 4 is 16.8 Å². The zero-order valence-electron chi connectivity index (χ0n) is 14.9. The number of benzene rings is 2. The van der Waals surface area contributed by atoms with Crippen LogP contribution in [0.5, 0.6) is 5.75 Å². The number of ether oxygens (including phenoxy) is 1. The summed E-state index contributed by atoms with van der Waals surface area (Å²) >= 11 is 0. The lowest BCUT2D eigenvalue weighted by molar-refractivity contribution is 0.0625. The van der Waals surface area contributed by atoms with Crippen LogP contribution < -0.4 is 4.74 Å². The Hall–Kier alpha value is -2.79. The van der Waals surface area contributed by atoms with E-state index >= 15 is 0 Å². The summed E-state index contributed by atoms with van der Waals surface area (Å²) in [5, 5.41) is 1.28. The third-order valence-corrected chi connectivity index (χ3v) is 5.07. The van der Waals surface area contributed by atoms with Crippen LogP contribution in [-0.4, -0.2) is 54.0 Å². The second-order valence-corrected chi connectivity index (χ2v) is 6.63. The lowest BCUT2D eigenvalue weighted by atomic mass is 10.1. The molecule has 0 spiro atoms. The van der Waals surface area contributed by atoms with Gasteiger partial charge in [0.1, 0.15) is 5.75 Å². The molecule has 0 bridgehead atoms. The lowest BCUT2D eigenvalue weighted by Gasteiger charge is -2.34. The van der Waals surface area contributed by atoms with Gasteiger partial charge in [-0.15, -0.1) is 0 Å². The van der Waals surface area contributed by atoms with Gasteiger partial charge in [0.05, 0.1) is 12.7 Å². The van der Waals surface area contributed by atoms with E-state index in [1.807, 2.05) is 35.2 Å². The standard InChI is InChI=1S/C21H23N3O2/c1-26-20-9-5-3-7-18(20)21(25)24-12-10-23(11-13-24)15-16-14-22-19-8-4-2-6-17(16)19/h2-9,14,22H,10-13,15H2,1H3. The van der Waals surface area contributed by atoms with Crippen LogP contribution in [0.25, 0.3) is 10.9 Å². The smallest absolute Gasteiger partial charge is 0.257 e. The van der Waals surface area contributed by atoms with E-state index < -0.39 is 0 Å². The third kappa shape index (κ3) is 3.18. The van der Waals surface area contributed by atoms with Crippen molar-refractivity contribution in [3.63, 3.8) is 0 Å². The first-order valence-corrected chi connectivity index (χ1v) is 8.96. The predicted molar refractivity (Wildman–Crippen MR) is 102 cm³/mol. The Morgan fingerprint density at radius 1 is 1.04 bits per heavy atom. The predicted octanol–water partition coefficient (Wildman–Crippen LogP) is 3.13. The highest BCUT2D eigenvalue weighted by Crippen LogP contribution is 2.22. The number of H-pyrrole nitrogens is 1. The fraction of sp³-hybridized carbons (Fsp3) is 0.286. The first kappa shape index (κ1) is 16.7. The molecule has 1 N–H and O–H groups in total. The van der Waals surface area contributed by atoms with Gasteiger partial charge in [0.25, 0.3) is 5.91 Å². The van der Waals surface area contributed by atoms with E-state index in [1.165, 1.54) is 16.5 Å². The average molecular weight is 349 g/mol. The molecular weight excluding hydrogens is 326 g/mol. The maximum atomic E-state index is 12.8. The fourth-order valence-corrected chi connectivity index (χ4v) is 3.60. The highest BCUT2D eigenvalue weighted by molar-refractivity contribution is 5.97. The van der Waals surface area contributed by atoms with Crippen LogP contribution in [0.2, 0.25) is 0 Å². The number of para-hydroxylation sites is 2. The molecule has 0 atom stereocenters. The molecule has 3 aromatic rings. The molecule has 0 radical (unpaired) electrons. The van der Waals surface area contributed by atoms with Gasteiger partial charge in [-0.3, -0.25) is 9.69 Å². The van der Waals surface area contributed by atoms with Gasteiger partial charge in [0.2, 0.25) is 0 Å². The largest absolute Gasteiger partial charge is 0.496 e. The van der Waals surface area contributed by atoms with Crippen molar-refractivity contribution in [2.24, 2.45) is 0 Å². The molecule has 0 aliphatic carbocycles. The van der Waals surface area contributed by atoms with Crippen LogP contribution in [0, 0.1) is 0 Å². The highest BCUT2D eigenvalue weighted by Gasteiger charge is 2.24. The van der Waals surface area contributed by atoms with Crippen molar-refractivity contribution < 1.29 is 9.53 Å². The van der Waals surface area contributed by atoms with Crippen molar-refractivity contribution in [2.45, 2.75) is 6.54 Å². The number of amides is 1. The first-order chi connectivity index (χ1) is 12.8. The van der Waals surface area contributed by atoms with Crippen LogP contribution >= 0.6 is 0 Å². The van der Waals surface area contributed by atoms with Crippen LogP contribution in [0.3, 0.4) is 0 Å². The van der Waals surface area contributed by atoms with Gasteiger partial charge >= 0.3 is 0 Å². The van der Waals surface area contributed by atoms with Gasteiger partial charge in [0.15, 0.2) is 0 Å². The van der Waals surface area contributed by atoms with E-state index in [1.54, 1.807) is 7.11 Å². The number of nitrogens with one attached hydrogen (secondary N) is 1. The Morgan fingerprint density at radius 3 is 2.58 bits per heavy atom. The molecule has 5 heteroatoms. The summed E-state index contributed by atoms with van der Waals surface area (Å²) in [6.07, 6.45) is 2.09. The molecule has 1 aromatic heterocycles. The molecule has 0 unspecified atom stereocenters. The van der Waals surface area contributed by atoms with Crippen LogP contribution in [0.15, 0.2) is 54.7 Å². The molecule has 134 valence electrons. The number of hydrogen-bond donors (Lipinski definition) is 1. The second kappa shape index (κ2) is 7.22. The minimum Gasteiger partial charge on any atom is -0.496 e. The lowest BCUT2D eigenvalue weighted by Crippen LogP contribution is -2.48. The topological polar surface area (TPSA) is 48.6 Å². The summed E-state index contributed by atoms with van der Waals surface area (Å²) in [5.41, 5.74) is 3.12. The molecule has 4 rings (SSSR count). The van der Waals surface area contributed by atoms with Gasteiger partial charge in [-0.05, 0) is 23.8 Å². The molecular formula is C21H23N3O2. The number of methoxy groups -OCH3 is 1. The van der Waals surface area contributed by atoms with E-state index in [9.17, 15) is 4.79 Å². The Morgan fingerprint density at radius 2 is 1.77 bits per heavy atom. The molecule has 1 aliphatic rings. The van der Waals surface area contributed by atoms with Gasteiger partial charge in [0, 0.05) is 49.8 Å². The number of piperazine rings is 1. The molecule has 26 heavy (non-hydrogen) atoms. The van der Waals surface area contributed by atoms with Crippen molar-refractivity contribution in [1.82, 2.24) is 14.8 Å². The number of aromatic amines is 1. The highest BCUT2D eigenvalue weighted by atomic mass is 16.5. The van der Waals surface area contributed by atoms with E-state index in [2.05, 4.69) is 34.3 Å². The number of nitrogens with zero attached hydrogens (tertiary/aromatic N) is 2. The molecule has 1 aliphatic heterocycles. The molecule has 1 fully saturated rings. The second-order valence-electron chi connectivity index (χ2n) is 6.63. The third-order valence-electron chi connectivity index (χ3n) is 5.07. The first-order valence-electron chi connectivity index (χ1n) is 8.96. The summed E-state index contributed by atoms with van der Waals surface area (Å²) in [6.45, 7) is 4.12. The molecule has 1 amide bonds. The number of fused-ring (bicyclic) bond motifs is 1. The monoisotopic (exact) mass is 349 g/mol. The quantitative estimate of drug-likeness (QED) is 0.787. The summed E-state index contributed by atoms with van der Waals surface area (Å²) in [7, 11) is 1.60. The molecule has 5 nitrogen and oxygen atoms in total. The van der Waals surface area contributed by atoms with Crippen molar-refractivity contribution in [3.05, 3.63) is 65.9 Å². The van der Waals surface area contributed by atoms with Crippen LogP contribution in [-0.2, 0) is 6.54 Å². The van der Waals surface area contributed by atoms with Gasteiger partial charge in [-0.2, -0.15) is 0 Å². The average Bonchev–Trinajstić information content (AvgIpc) is 3.11. The number of carbonyl (C=O) groups is 1. The minimum absolute atomic E-state index is 0.0502. The summed E-state index contributed by atoms with van der Waals surface area (Å²) in [4.78, 5) is 20.5. The van der Waals surface area contributed by atoms with Gasteiger partial charge in [-0.25, -0.2) is 0 Å². The zero-order chi connectivity index (χ0) is 17.9. The fourth-order valence-electron chi connectivity index (χ4n) is 3.60. The molecule has 2 heterocycles. The Bertz CT molecular complexity index is 910. The summed E-state index contributed by atoms with van der Waals surface area (Å²) in [6, 6.07) is 15.8. The molecule has 2 aromatic carbocycles. The Kier molecular flexibility index (Phi) is 4.63. The van der Waals surface area contributed by atoms with Crippen molar-refractivity contribution in [1.29, 1.82) is 0 Å². The molecule has 0 saturated carbocycles. The molecule has 1 saturated heterocycles. The SMILES string of the molecule is COc1ccccc1C(=O)N1CCN(Cc2c[nH]c3ccccc23)CC1. The Balaban J connectivity index is 1.40. The Labute approximate surface area is 153 Å².